The summed E-state index contributed by atoms with van der Waals surface area (Å²) < 4.78 is 32.7. The van der Waals surface area contributed by atoms with E-state index in [1.165, 1.54) is 62.0 Å². The Hall–Kier alpha value is -5.08. The number of nitrogens with zero attached hydrogens (tertiary/aromatic N) is 4. The van der Waals surface area contributed by atoms with E-state index in [1.807, 2.05) is 30.9 Å². The summed E-state index contributed by atoms with van der Waals surface area (Å²) in [5.41, 5.74) is 2.06. The number of rotatable bonds is 23. The van der Waals surface area contributed by atoms with Crippen LogP contribution in [0.1, 0.15) is 99.8 Å². The van der Waals surface area contributed by atoms with Crippen LogP contribution in [-0.2, 0) is 21.4 Å². The number of para-hydroxylation sites is 2. The van der Waals surface area contributed by atoms with Gasteiger partial charge in [0.1, 0.15) is 5.75 Å². The minimum atomic E-state index is -3.34. The molecule has 4 aromatic rings. The second kappa shape index (κ2) is 21.3. The van der Waals surface area contributed by atoms with E-state index in [0.29, 0.717) is 36.6 Å². The molecule has 3 N–H and O–H groups in total. The average molecular weight is 789 g/mol. The topological polar surface area (TPSA) is 172 Å². The fraction of sp³-hybridized carbons (Fsp3) is 0.452. The van der Waals surface area contributed by atoms with Gasteiger partial charge in [-0.3, -0.25) is 14.2 Å². The van der Waals surface area contributed by atoms with E-state index in [2.05, 4.69) is 17.0 Å². The monoisotopic (exact) mass is 788 g/mol. The summed E-state index contributed by atoms with van der Waals surface area (Å²) >= 11 is 0. The third kappa shape index (κ3) is 12.5. The zero-order valence-electron chi connectivity index (χ0n) is 33.3. The number of aliphatic imine (C=N–C) groups is 1. The lowest BCUT2D eigenvalue weighted by Crippen LogP contribution is -2.34. The molecule has 0 bridgehead atoms. The van der Waals surface area contributed by atoms with Crippen LogP contribution >= 0.6 is 0 Å². The minimum Gasteiger partial charge on any atom is -0.495 e. The van der Waals surface area contributed by atoms with Crippen molar-refractivity contribution in [3.05, 3.63) is 88.0 Å². The number of sulfonamides is 1. The summed E-state index contributed by atoms with van der Waals surface area (Å²) in [4.78, 5) is 52.3. The molecule has 0 saturated carbocycles. The van der Waals surface area contributed by atoms with E-state index in [9.17, 15) is 27.9 Å². The number of carbonyl (C=O) groups is 2. The zero-order valence-corrected chi connectivity index (χ0v) is 34.1. The number of carbonyl (C=O) groups excluding carboxylic acids is 1. The molecule has 0 spiro atoms. The number of anilines is 2. The molecule has 13 nitrogen and oxygen atoms in total. The van der Waals surface area contributed by atoms with Crippen LogP contribution in [0, 0.1) is 6.92 Å². The molecule has 0 atom stereocenters. The first-order chi connectivity index (χ1) is 26.9. The molecule has 302 valence electrons. The molecule has 0 saturated heterocycles. The summed E-state index contributed by atoms with van der Waals surface area (Å²) in [5, 5.41) is 12.7. The van der Waals surface area contributed by atoms with Gasteiger partial charge < -0.3 is 20.1 Å². The number of methoxy groups -OCH3 is 1. The van der Waals surface area contributed by atoms with Gasteiger partial charge in [-0.1, -0.05) is 76.8 Å². The largest absolute Gasteiger partial charge is 0.495 e. The Morgan fingerprint density at radius 3 is 2.23 bits per heavy atom. The first-order valence-electron chi connectivity index (χ1n) is 19.5. The number of hydrogen-bond donors (Lipinski definition) is 3. The van der Waals surface area contributed by atoms with Crippen molar-refractivity contribution in [1.82, 2.24) is 14.3 Å². The van der Waals surface area contributed by atoms with Gasteiger partial charge in [0.15, 0.2) is 11.5 Å². The molecule has 0 unspecified atom stereocenters. The first-order valence-corrected chi connectivity index (χ1v) is 21.4. The van der Waals surface area contributed by atoms with Gasteiger partial charge in [0.25, 0.3) is 11.5 Å². The number of benzene rings is 3. The van der Waals surface area contributed by atoms with E-state index in [0.717, 1.165) is 43.2 Å². The molecule has 0 aliphatic carbocycles. The Balaban J connectivity index is 1.77. The number of hydrogen-bond acceptors (Lipinski definition) is 9. The van der Waals surface area contributed by atoms with Crippen molar-refractivity contribution in [2.45, 2.75) is 91.5 Å². The van der Waals surface area contributed by atoms with Gasteiger partial charge in [-0.05, 0) is 74.4 Å². The quantitative estimate of drug-likeness (QED) is 0.0509. The fourth-order valence-electron chi connectivity index (χ4n) is 6.55. The lowest BCUT2D eigenvalue weighted by molar-refractivity contribution is -0.110. The van der Waals surface area contributed by atoms with Gasteiger partial charge in [0, 0.05) is 31.9 Å². The maximum Gasteiger partial charge on any atom is 0.335 e. The third-order valence-corrected chi connectivity index (χ3v) is 10.4. The Kier molecular flexibility index (Phi) is 16.6. The average Bonchev–Trinajstić information content (AvgIpc) is 3.17. The second-order valence-corrected chi connectivity index (χ2v) is 15.8. The molecule has 4 rings (SSSR count). The number of likely N-dealkylation sites (N-methyl/N-ethyl adjacent to an activating group) is 1. The number of unbranched alkanes of at least 4 members (excludes halogenated alkanes) is 9. The number of nitrogens with one attached hydrogen (secondary N) is 2. The second-order valence-electron chi connectivity index (χ2n) is 13.9. The maximum absolute atomic E-state index is 14.4. The number of amides is 1. The highest BCUT2D eigenvalue weighted by Gasteiger charge is 2.24. The molecule has 1 aromatic heterocycles. The molecule has 0 aliphatic heterocycles. The normalized spacial score (nSPS) is 11.8. The Bertz CT molecular complexity index is 2170. The SMILES string of the molecule is CCCCCCCCCCCCn1c(/C(=N\c2ccc(N(CC)CCNS(C)(=O)=O)cc2C)C(=O)Nc2ccccc2OC)nc2ccc(C(=O)O)cc2c1=O. The van der Waals surface area contributed by atoms with Gasteiger partial charge in [0.05, 0.1) is 41.2 Å². The van der Waals surface area contributed by atoms with Crippen molar-refractivity contribution in [2.24, 2.45) is 4.99 Å². The van der Waals surface area contributed by atoms with Gasteiger partial charge in [-0.15, -0.1) is 0 Å². The van der Waals surface area contributed by atoms with Gasteiger partial charge >= 0.3 is 5.97 Å². The van der Waals surface area contributed by atoms with Gasteiger partial charge in [-0.25, -0.2) is 27.9 Å². The highest BCUT2D eigenvalue weighted by atomic mass is 32.2. The van der Waals surface area contributed by atoms with E-state index < -0.39 is 27.5 Å². The van der Waals surface area contributed by atoms with E-state index in [-0.39, 0.29) is 41.1 Å². The van der Waals surface area contributed by atoms with E-state index >= 15 is 0 Å². The summed E-state index contributed by atoms with van der Waals surface area (Å²) in [5.74, 6) is -1.30. The fourth-order valence-corrected chi connectivity index (χ4v) is 7.01. The summed E-state index contributed by atoms with van der Waals surface area (Å²) in [6.45, 7) is 7.58. The molecule has 1 amide bonds. The van der Waals surface area contributed by atoms with Crippen LogP contribution in [0.2, 0.25) is 0 Å². The van der Waals surface area contributed by atoms with Crippen LogP contribution in [0.15, 0.2) is 70.5 Å². The van der Waals surface area contributed by atoms with Crippen LogP contribution in [0.25, 0.3) is 10.9 Å². The Labute approximate surface area is 330 Å². The number of carboxylic acids is 1. The van der Waals surface area contributed by atoms with Gasteiger partial charge in [-0.2, -0.15) is 0 Å². The summed E-state index contributed by atoms with van der Waals surface area (Å²) in [6.07, 6.45) is 12.1. The molecular formula is C42H56N6O7S. The van der Waals surface area contributed by atoms with Crippen molar-refractivity contribution in [1.29, 1.82) is 0 Å². The van der Waals surface area contributed by atoms with Crippen LogP contribution < -0.4 is 25.2 Å². The summed E-state index contributed by atoms with van der Waals surface area (Å²) in [7, 11) is -1.84. The highest BCUT2D eigenvalue weighted by molar-refractivity contribution is 7.88. The number of aromatic nitrogens is 2. The van der Waals surface area contributed by atoms with Crippen LogP contribution in [0.4, 0.5) is 17.1 Å². The molecule has 56 heavy (non-hydrogen) atoms. The first kappa shape index (κ1) is 43.6. The Morgan fingerprint density at radius 2 is 1.61 bits per heavy atom. The van der Waals surface area contributed by atoms with Crippen LogP contribution in [-0.4, -0.2) is 73.7 Å². The zero-order chi connectivity index (χ0) is 40.7. The Morgan fingerprint density at radius 1 is 0.929 bits per heavy atom. The molecule has 0 radical (unpaired) electrons. The predicted molar refractivity (Wildman–Crippen MR) is 225 cm³/mol. The van der Waals surface area contributed by atoms with Crippen LogP contribution in [0.5, 0.6) is 5.75 Å². The number of aryl methyl sites for hydroxylation is 1. The number of carboxylic acid groups (broad SMARTS) is 1. The van der Waals surface area contributed by atoms with Crippen molar-refractivity contribution < 1.29 is 27.9 Å². The smallest absolute Gasteiger partial charge is 0.335 e. The maximum atomic E-state index is 14.4. The van der Waals surface area contributed by atoms with Crippen molar-refractivity contribution in [3.8, 4) is 5.75 Å². The van der Waals surface area contributed by atoms with Crippen molar-refractivity contribution >= 4 is 55.6 Å². The number of ether oxygens (including phenoxy) is 1. The molecule has 14 heteroatoms. The molecule has 1 heterocycles. The molecular weight excluding hydrogens is 733 g/mol. The van der Waals surface area contributed by atoms with E-state index in [4.69, 9.17) is 14.7 Å². The molecule has 0 fully saturated rings. The number of fused-ring (bicyclic) bond motifs is 1. The van der Waals surface area contributed by atoms with Crippen LogP contribution in [0.3, 0.4) is 0 Å². The number of aromatic carboxylic acids is 1. The summed E-state index contributed by atoms with van der Waals surface area (Å²) in [6, 6.07) is 16.7. The third-order valence-electron chi connectivity index (χ3n) is 9.62. The highest BCUT2D eigenvalue weighted by Crippen LogP contribution is 2.28. The lowest BCUT2D eigenvalue weighted by atomic mass is 10.1. The van der Waals surface area contributed by atoms with Crippen molar-refractivity contribution in [2.75, 3.05) is 43.2 Å². The molecule has 0 aliphatic rings. The predicted octanol–water partition coefficient (Wildman–Crippen LogP) is 7.47. The van der Waals surface area contributed by atoms with Crippen molar-refractivity contribution in [3.63, 3.8) is 0 Å². The minimum absolute atomic E-state index is 0.0404. The standard InChI is InChI=1S/C42H56N6O7S/c1-6-8-9-10-11-12-13-14-15-18-26-48-39(45-35-23-21-31(42(51)52)29-33(35)41(48)50)38(40(49)46-36-19-16-17-20-37(36)55-4)44-34-24-22-32(28-30(34)3)47(7-2)27-25-43-56(5,53)54/h16-17,19-24,28-29,43H,6-15,18,25-27H2,1-5H3,(H,46,49)(H,51,52)/b44-38+. The van der Waals surface area contributed by atoms with Gasteiger partial charge in [0.2, 0.25) is 10.0 Å². The van der Waals surface area contributed by atoms with E-state index in [1.54, 1.807) is 30.3 Å². The lowest BCUT2D eigenvalue weighted by Gasteiger charge is -2.24. The molecule has 3 aromatic carbocycles.